The molecule has 86 valence electrons. The first-order valence-electron chi connectivity index (χ1n) is 4.47. The molecule has 0 saturated carbocycles. The Morgan fingerprint density at radius 3 is 2.60 bits per heavy atom. The van der Waals surface area contributed by atoms with Crippen LogP contribution in [-0.2, 0) is 16.4 Å². The number of hydrogen-bond donors (Lipinski definition) is 0. The highest BCUT2D eigenvalue weighted by molar-refractivity contribution is 7.90. The summed E-state index contributed by atoms with van der Waals surface area (Å²) in [7, 11) is -0.969. The fraction of sp³-hybridized carbons (Fsp3) is 0.556. The Bertz CT molecular complexity index is 414. The fourth-order valence-electron chi connectivity index (χ4n) is 1.10. The van der Waals surface area contributed by atoms with Crippen LogP contribution in [0, 0.1) is 0 Å². The third kappa shape index (κ3) is 5.51. The largest absolute Gasteiger partial charge is 0.300 e. The van der Waals surface area contributed by atoms with E-state index in [2.05, 4.69) is 0 Å². The van der Waals surface area contributed by atoms with Crippen molar-refractivity contribution in [2.75, 3.05) is 25.6 Å². The highest BCUT2D eigenvalue weighted by Crippen LogP contribution is 2.22. The molecule has 15 heavy (non-hydrogen) atoms. The zero-order valence-corrected chi connectivity index (χ0v) is 11.1. The number of rotatable bonds is 5. The molecule has 0 aliphatic rings. The molecule has 0 fully saturated rings. The second-order valence-corrected chi connectivity index (χ2v) is 7.63. The Hall–Kier alpha value is -0.100. The second kappa shape index (κ2) is 5.30. The maximum Gasteiger partial charge on any atom is 0.148 e. The van der Waals surface area contributed by atoms with E-state index < -0.39 is 9.84 Å². The van der Waals surface area contributed by atoms with Gasteiger partial charge in [-0.3, -0.25) is 0 Å². The van der Waals surface area contributed by atoms with Crippen LogP contribution < -0.4 is 0 Å². The van der Waals surface area contributed by atoms with Crippen molar-refractivity contribution >= 4 is 32.8 Å². The molecule has 0 N–H and O–H groups in total. The minimum absolute atomic E-state index is 0.197. The molecule has 1 aromatic rings. The second-order valence-electron chi connectivity index (χ2n) is 3.57. The first-order chi connectivity index (χ1) is 6.87. The maximum absolute atomic E-state index is 10.9. The maximum atomic E-state index is 10.9. The SMILES string of the molecule is CN(CCS(C)(=O)=O)Cc1ccc(Cl)s1. The van der Waals surface area contributed by atoms with E-state index in [0.717, 1.165) is 15.8 Å². The van der Waals surface area contributed by atoms with Crippen molar-refractivity contribution in [3.8, 4) is 0 Å². The summed E-state index contributed by atoms with van der Waals surface area (Å²) in [5, 5.41) is 0. The summed E-state index contributed by atoms with van der Waals surface area (Å²) >= 11 is 7.32. The third-order valence-electron chi connectivity index (χ3n) is 1.90. The van der Waals surface area contributed by atoms with E-state index in [-0.39, 0.29) is 5.75 Å². The molecular formula is C9H14ClNO2S2. The van der Waals surface area contributed by atoms with Crippen molar-refractivity contribution in [2.45, 2.75) is 6.54 Å². The topological polar surface area (TPSA) is 37.4 Å². The lowest BCUT2D eigenvalue weighted by molar-refractivity contribution is 0.349. The smallest absolute Gasteiger partial charge is 0.148 e. The highest BCUT2D eigenvalue weighted by atomic mass is 35.5. The summed E-state index contributed by atoms with van der Waals surface area (Å²) < 4.78 is 22.7. The molecule has 0 aromatic carbocycles. The number of nitrogens with zero attached hydrogens (tertiary/aromatic N) is 1. The molecule has 0 unspecified atom stereocenters. The van der Waals surface area contributed by atoms with Crippen LogP contribution >= 0.6 is 22.9 Å². The van der Waals surface area contributed by atoms with Crippen LogP contribution in [0.3, 0.4) is 0 Å². The quantitative estimate of drug-likeness (QED) is 0.818. The number of sulfone groups is 1. The Morgan fingerprint density at radius 2 is 2.13 bits per heavy atom. The standard InChI is InChI=1S/C9H14ClNO2S2/c1-11(5-6-15(2,12)13)7-8-3-4-9(10)14-8/h3-4H,5-7H2,1-2H3. The molecule has 0 spiro atoms. The van der Waals surface area contributed by atoms with Crippen molar-refractivity contribution in [3.05, 3.63) is 21.3 Å². The number of halogens is 1. The summed E-state index contributed by atoms with van der Waals surface area (Å²) in [5.74, 6) is 0.197. The van der Waals surface area contributed by atoms with Gasteiger partial charge in [-0.05, 0) is 19.2 Å². The minimum Gasteiger partial charge on any atom is -0.300 e. The van der Waals surface area contributed by atoms with E-state index in [4.69, 9.17) is 11.6 Å². The van der Waals surface area contributed by atoms with E-state index in [1.165, 1.54) is 17.6 Å². The van der Waals surface area contributed by atoms with Crippen LogP contribution in [0.5, 0.6) is 0 Å². The summed E-state index contributed by atoms with van der Waals surface area (Å²) in [4.78, 5) is 3.12. The lowest BCUT2D eigenvalue weighted by Gasteiger charge is -2.14. The molecule has 1 rings (SSSR count). The van der Waals surface area contributed by atoms with Gasteiger partial charge in [0.2, 0.25) is 0 Å². The molecule has 1 aromatic heterocycles. The predicted octanol–water partition coefficient (Wildman–Crippen LogP) is 1.88. The normalized spacial score (nSPS) is 12.3. The van der Waals surface area contributed by atoms with Gasteiger partial charge in [-0.15, -0.1) is 11.3 Å². The molecule has 0 amide bonds. The van der Waals surface area contributed by atoms with Gasteiger partial charge in [0.05, 0.1) is 10.1 Å². The van der Waals surface area contributed by atoms with Crippen LogP contribution in [-0.4, -0.2) is 38.9 Å². The van der Waals surface area contributed by atoms with E-state index >= 15 is 0 Å². The average molecular weight is 268 g/mol. The Labute approximate surface area is 99.6 Å². The molecular weight excluding hydrogens is 254 g/mol. The van der Waals surface area contributed by atoms with Gasteiger partial charge in [0, 0.05) is 24.2 Å². The lowest BCUT2D eigenvalue weighted by atomic mass is 10.4. The van der Waals surface area contributed by atoms with Crippen molar-refractivity contribution in [2.24, 2.45) is 0 Å². The number of hydrogen-bond acceptors (Lipinski definition) is 4. The van der Waals surface area contributed by atoms with Crippen LogP contribution in [0.25, 0.3) is 0 Å². The van der Waals surface area contributed by atoms with Gasteiger partial charge in [-0.2, -0.15) is 0 Å². The monoisotopic (exact) mass is 267 g/mol. The fourth-order valence-corrected chi connectivity index (χ4v) is 2.91. The van der Waals surface area contributed by atoms with Gasteiger partial charge in [0.15, 0.2) is 0 Å². The third-order valence-corrected chi connectivity index (χ3v) is 4.04. The molecule has 6 heteroatoms. The van der Waals surface area contributed by atoms with Crippen LogP contribution in [0.1, 0.15) is 4.88 Å². The lowest BCUT2D eigenvalue weighted by Crippen LogP contribution is -2.24. The first-order valence-corrected chi connectivity index (χ1v) is 7.73. The Balaban J connectivity index is 2.40. The van der Waals surface area contributed by atoms with E-state index in [1.807, 2.05) is 24.1 Å². The summed E-state index contributed by atoms with van der Waals surface area (Å²) in [5.41, 5.74) is 0. The Kier molecular flexibility index (Phi) is 4.58. The van der Waals surface area contributed by atoms with Gasteiger partial charge in [0.1, 0.15) is 9.84 Å². The molecule has 0 aliphatic heterocycles. The van der Waals surface area contributed by atoms with Gasteiger partial charge < -0.3 is 4.90 Å². The first kappa shape index (κ1) is 13.0. The molecule has 1 heterocycles. The van der Waals surface area contributed by atoms with Crippen molar-refractivity contribution in [1.29, 1.82) is 0 Å². The zero-order valence-electron chi connectivity index (χ0n) is 8.73. The van der Waals surface area contributed by atoms with Crippen molar-refractivity contribution in [1.82, 2.24) is 4.90 Å². The molecule has 0 atom stereocenters. The van der Waals surface area contributed by atoms with E-state index in [9.17, 15) is 8.42 Å². The summed E-state index contributed by atoms with van der Waals surface area (Å²) in [6, 6.07) is 3.82. The molecule has 0 bridgehead atoms. The molecule has 3 nitrogen and oxygen atoms in total. The molecule has 0 aliphatic carbocycles. The van der Waals surface area contributed by atoms with E-state index in [0.29, 0.717) is 6.54 Å². The minimum atomic E-state index is -2.87. The van der Waals surface area contributed by atoms with Crippen molar-refractivity contribution < 1.29 is 8.42 Å². The van der Waals surface area contributed by atoms with Gasteiger partial charge >= 0.3 is 0 Å². The van der Waals surface area contributed by atoms with Gasteiger partial charge in [0.25, 0.3) is 0 Å². The van der Waals surface area contributed by atoms with Gasteiger partial charge in [-0.25, -0.2) is 8.42 Å². The van der Waals surface area contributed by atoms with Gasteiger partial charge in [-0.1, -0.05) is 11.6 Å². The predicted molar refractivity (Wildman–Crippen MR) is 65.4 cm³/mol. The molecule has 0 radical (unpaired) electrons. The van der Waals surface area contributed by atoms with Crippen LogP contribution in [0.15, 0.2) is 12.1 Å². The van der Waals surface area contributed by atoms with Crippen LogP contribution in [0.2, 0.25) is 4.34 Å². The highest BCUT2D eigenvalue weighted by Gasteiger charge is 2.07. The zero-order chi connectivity index (χ0) is 11.5. The number of thiophene rings is 1. The average Bonchev–Trinajstić information content (AvgIpc) is 2.47. The Morgan fingerprint density at radius 1 is 1.47 bits per heavy atom. The van der Waals surface area contributed by atoms with E-state index in [1.54, 1.807) is 0 Å². The van der Waals surface area contributed by atoms with Crippen molar-refractivity contribution in [3.63, 3.8) is 0 Å². The summed E-state index contributed by atoms with van der Waals surface area (Å²) in [6.45, 7) is 1.29. The molecule has 0 saturated heterocycles. The van der Waals surface area contributed by atoms with Crippen LogP contribution in [0.4, 0.5) is 0 Å². The summed E-state index contributed by atoms with van der Waals surface area (Å²) in [6.07, 6.45) is 1.25.